The van der Waals surface area contributed by atoms with Gasteiger partial charge in [0.25, 0.3) is 5.91 Å². The molecule has 0 aromatic carbocycles. The molecule has 1 aliphatic carbocycles. The predicted octanol–water partition coefficient (Wildman–Crippen LogP) is 1.93. The molecule has 2 rings (SSSR count). The van der Waals surface area contributed by atoms with Gasteiger partial charge in [-0.05, 0) is 30.9 Å². The third-order valence-corrected chi connectivity index (χ3v) is 3.52. The highest BCUT2D eigenvalue weighted by atomic mass is 16.5. The van der Waals surface area contributed by atoms with Crippen molar-refractivity contribution in [1.29, 1.82) is 0 Å². The zero-order valence-electron chi connectivity index (χ0n) is 11.5. The first-order valence-electron chi connectivity index (χ1n) is 7.10. The van der Waals surface area contributed by atoms with Gasteiger partial charge in [0.05, 0.1) is 0 Å². The first-order chi connectivity index (χ1) is 9.75. The Hall–Kier alpha value is -1.91. The van der Waals surface area contributed by atoms with E-state index in [0.29, 0.717) is 12.5 Å². The van der Waals surface area contributed by atoms with Gasteiger partial charge in [-0.1, -0.05) is 25.3 Å². The summed E-state index contributed by atoms with van der Waals surface area (Å²) in [5.74, 6) is -0.252. The topological polar surface area (TPSA) is 68.3 Å². The Balaban J connectivity index is 1.66. The molecule has 1 aliphatic rings. The van der Waals surface area contributed by atoms with Gasteiger partial charge in [0.15, 0.2) is 6.61 Å². The molecule has 1 fully saturated rings. The van der Waals surface area contributed by atoms with Crippen molar-refractivity contribution < 1.29 is 14.3 Å². The number of nitrogens with zero attached hydrogens (tertiary/aromatic N) is 1. The Morgan fingerprint density at radius 2 is 2.05 bits per heavy atom. The van der Waals surface area contributed by atoms with Crippen LogP contribution in [0.5, 0.6) is 0 Å². The van der Waals surface area contributed by atoms with Gasteiger partial charge in [-0.25, -0.2) is 9.78 Å². The largest absolute Gasteiger partial charge is 0.451 e. The Morgan fingerprint density at radius 1 is 1.25 bits per heavy atom. The lowest BCUT2D eigenvalue weighted by Crippen LogP contribution is -2.33. The van der Waals surface area contributed by atoms with Gasteiger partial charge in [0.1, 0.15) is 5.69 Å². The zero-order chi connectivity index (χ0) is 14.2. The van der Waals surface area contributed by atoms with Crippen molar-refractivity contribution >= 4 is 11.9 Å². The van der Waals surface area contributed by atoms with Crippen LogP contribution in [0.25, 0.3) is 0 Å². The van der Waals surface area contributed by atoms with Crippen molar-refractivity contribution in [3.8, 4) is 0 Å². The fourth-order valence-electron chi connectivity index (χ4n) is 2.39. The van der Waals surface area contributed by atoms with Crippen LogP contribution in [0.2, 0.25) is 0 Å². The fourth-order valence-corrected chi connectivity index (χ4v) is 2.39. The van der Waals surface area contributed by atoms with Crippen LogP contribution in [-0.4, -0.2) is 30.0 Å². The highest BCUT2D eigenvalue weighted by molar-refractivity contribution is 5.89. The van der Waals surface area contributed by atoms with Crippen LogP contribution in [0.15, 0.2) is 24.4 Å². The molecular formula is C15H20N2O3. The van der Waals surface area contributed by atoms with Crippen molar-refractivity contribution in [3.63, 3.8) is 0 Å². The Kier molecular flexibility index (Phi) is 5.53. The van der Waals surface area contributed by atoms with Gasteiger partial charge in [0, 0.05) is 12.7 Å². The predicted molar refractivity (Wildman–Crippen MR) is 74.1 cm³/mol. The molecule has 0 atom stereocenters. The lowest BCUT2D eigenvalue weighted by Gasteiger charge is -2.21. The first-order valence-corrected chi connectivity index (χ1v) is 7.10. The number of esters is 1. The molecule has 1 amide bonds. The number of aromatic nitrogens is 1. The van der Waals surface area contributed by atoms with E-state index in [1.165, 1.54) is 38.3 Å². The van der Waals surface area contributed by atoms with Crippen LogP contribution in [-0.2, 0) is 9.53 Å². The molecule has 1 N–H and O–H groups in total. The van der Waals surface area contributed by atoms with E-state index in [9.17, 15) is 9.59 Å². The number of ether oxygens (including phenoxy) is 1. The summed E-state index contributed by atoms with van der Waals surface area (Å²) >= 11 is 0. The molecular weight excluding hydrogens is 256 g/mol. The van der Waals surface area contributed by atoms with Gasteiger partial charge in [-0.2, -0.15) is 0 Å². The van der Waals surface area contributed by atoms with Crippen molar-refractivity contribution in [2.45, 2.75) is 32.1 Å². The van der Waals surface area contributed by atoms with E-state index in [1.54, 1.807) is 18.2 Å². The number of carbonyl (C=O) groups is 2. The number of rotatable bonds is 5. The maximum absolute atomic E-state index is 11.6. The molecule has 1 heterocycles. The van der Waals surface area contributed by atoms with E-state index in [2.05, 4.69) is 10.3 Å². The molecule has 5 nitrogen and oxygen atoms in total. The molecule has 1 aromatic heterocycles. The van der Waals surface area contributed by atoms with Crippen molar-refractivity contribution in [2.24, 2.45) is 5.92 Å². The number of hydrogen-bond donors (Lipinski definition) is 1. The first kappa shape index (κ1) is 14.5. The molecule has 108 valence electrons. The van der Waals surface area contributed by atoms with E-state index in [1.807, 2.05) is 0 Å². The van der Waals surface area contributed by atoms with Gasteiger partial charge in [-0.15, -0.1) is 0 Å². The summed E-state index contributed by atoms with van der Waals surface area (Å²) in [6, 6.07) is 4.97. The quantitative estimate of drug-likeness (QED) is 0.834. The number of carbonyl (C=O) groups excluding carboxylic acids is 2. The van der Waals surface area contributed by atoms with E-state index in [0.717, 1.165) is 0 Å². The third kappa shape index (κ3) is 4.64. The number of pyridine rings is 1. The van der Waals surface area contributed by atoms with E-state index in [4.69, 9.17) is 4.74 Å². The second-order valence-corrected chi connectivity index (χ2v) is 5.10. The van der Waals surface area contributed by atoms with E-state index < -0.39 is 5.97 Å². The van der Waals surface area contributed by atoms with Crippen LogP contribution in [0, 0.1) is 5.92 Å². The summed E-state index contributed by atoms with van der Waals surface area (Å²) in [5.41, 5.74) is 0.215. The third-order valence-electron chi connectivity index (χ3n) is 3.52. The monoisotopic (exact) mass is 276 g/mol. The van der Waals surface area contributed by atoms with Gasteiger partial charge in [0.2, 0.25) is 0 Å². The fraction of sp³-hybridized carbons (Fsp3) is 0.533. The zero-order valence-corrected chi connectivity index (χ0v) is 11.5. The van der Waals surface area contributed by atoms with Crippen molar-refractivity contribution in [1.82, 2.24) is 10.3 Å². The summed E-state index contributed by atoms with van der Waals surface area (Å²) in [5, 5.41) is 2.82. The van der Waals surface area contributed by atoms with Crippen molar-refractivity contribution in [3.05, 3.63) is 30.1 Å². The normalized spacial score (nSPS) is 15.6. The minimum Gasteiger partial charge on any atom is -0.451 e. The molecule has 0 radical (unpaired) electrons. The highest BCUT2D eigenvalue weighted by Gasteiger charge is 2.15. The number of hydrogen-bond acceptors (Lipinski definition) is 4. The smallest absolute Gasteiger partial charge is 0.357 e. The maximum Gasteiger partial charge on any atom is 0.357 e. The second kappa shape index (κ2) is 7.62. The summed E-state index contributed by atoms with van der Waals surface area (Å²) in [6.45, 7) is 0.433. The molecule has 0 saturated heterocycles. The molecule has 0 bridgehead atoms. The highest BCUT2D eigenvalue weighted by Crippen LogP contribution is 2.22. The molecule has 1 aromatic rings. The molecule has 0 spiro atoms. The second-order valence-electron chi connectivity index (χ2n) is 5.10. The number of amides is 1. The van der Waals surface area contributed by atoms with Crippen LogP contribution in [0.3, 0.4) is 0 Å². The van der Waals surface area contributed by atoms with Crippen molar-refractivity contribution in [2.75, 3.05) is 13.2 Å². The Labute approximate surface area is 118 Å². The van der Waals surface area contributed by atoms with E-state index in [-0.39, 0.29) is 18.2 Å². The summed E-state index contributed by atoms with van der Waals surface area (Å²) in [7, 11) is 0. The van der Waals surface area contributed by atoms with Gasteiger partial charge < -0.3 is 10.1 Å². The summed E-state index contributed by atoms with van der Waals surface area (Å²) in [6.07, 6.45) is 7.65. The summed E-state index contributed by atoms with van der Waals surface area (Å²) in [4.78, 5) is 27.1. The average Bonchev–Trinajstić information content (AvgIpc) is 2.52. The number of nitrogens with one attached hydrogen (secondary N) is 1. The lowest BCUT2D eigenvalue weighted by atomic mass is 9.89. The minimum atomic E-state index is -0.571. The molecule has 0 aliphatic heterocycles. The van der Waals surface area contributed by atoms with Crippen LogP contribution in [0.4, 0.5) is 0 Å². The van der Waals surface area contributed by atoms with Gasteiger partial charge >= 0.3 is 5.97 Å². The van der Waals surface area contributed by atoms with Gasteiger partial charge in [-0.3, -0.25) is 4.79 Å². The molecule has 5 heteroatoms. The molecule has 20 heavy (non-hydrogen) atoms. The SMILES string of the molecule is O=C(COC(=O)c1ccccn1)NCC1CCCCC1. The Bertz CT molecular complexity index is 442. The summed E-state index contributed by atoms with van der Waals surface area (Å²) < 4.78 is 4.92. The molecule has 0 unspecified atom stereocenters. The lowest BCUT2D eigenvalue weighted by molar-refractivity contribution is -0.124. The molecule has 1 saturated carbocycles. The minimum absolute atomic E-state index is 0.215. The Morgan fingerprint density at radius 3 is 2.75 bits per heavy atom. The standard InChI is InChI=1S/C15H20N2O3/c18-14(17-10-12-6-2-1-3-7-12)11-20-15(19)13-8-4-5-9-16-13/h4-5,8-9,12H,1-3,6-7,10-11H2,(H,17,18). The maximum atomic E-state index is 11.6. The van der Waals surface area contributed by atoms with Crippen LogP contribution in [0.1, 0.15) is 42.6 Å². The van der Waals surface area contributed by atoms with E-state index >= 15 is 0 Å². The average molecular weight is 276 g/mol. The van der Waals surface area contributed by atoms with Crippen LogP contribution < -0.4 is 5.32 Å². The van der Waals surface area contributed by atoms with Crippen LogP contribution >= 0.6 is 0 Å².